The van der Waals surface area contributed by atoms with Crippen molar-refractivity contribution in [2.45, 2.75) is 26.2 Å². The summed E-state index contributed by atoms with van der Waals surface area (Å²) in [5.41, 5.74) is 5.71. The van der Waals surface area contributed by atoms with Crippen LogP contribution in [0.2, 0.25) is 0 Å². The third-order valence-electron chi connectivity index (χ3n) is 3.27. The summed E-state index contributed by atoms with van der Waals surface area (Å²) in [7, 11) is 0. The van der Waals surface area contributed by atoms with Gasteiger partial charge < -0.3 is 15.7 Å². The van der Waals surface area contributed by atoms with Crippen molar-refractivity contribution in [2.24, 2.45) is 11.7 Å². The Morgan fingerprint density at radius 1 is 1.38 bits per heavy atom. The van der Waals surface area contributed by atoms with Crippen molar-refractivity contribution in [3.8, 4) is 0 Å². The Kier molecular flexibility index (Phi) is 6.65. The molecule has 1 aliphatic rings. The molecule has 1 heterocycles. The predicted molar refractivity (Wildman–Crippen MR) is 81.2 cm³/mol. The average Bonchev–Trinajstić information content (AvgIpc) is 2.39. The van der Waals surface area contributed by atoms with Gasteiger partial charge in [-0.25, -0.2) is 4.39 Å². The Morgan fingerprint density at radius 2 is 1.86 bits per heavy atom. The first-order valence-corrected chi connectivity index (χ1v) is 6.91. The minimum atomic E-state index is -0.717. The van der Waals surface area contributed by atoms with Gasteiger partial charge in [0.15, 0.2) is 0 Å². The molecule has 2 rings (SSSR count). The summed E-state index contributed by atoms with van der Waals surface area (Å²) >= 11 is 0. The van der Waals surface area contributed by atoms with Gasteiger partial charge in [-0.3, -0.25) is 10.2 Å². The molecule has 0 radical (unpaired) electrons. The molecule has 4 N–H and O–H groups in total. The predicted octanol–water partition coefficient (Wildman–Crippen LogP) is 2.46. The van der Waals surface area contributed by atoms with Gasteiger partial charge in [0.25, 0.3) is 0 Å². The zero-order valence-corrected chi connectivity index (χ0v) is 12.2. The van der Waals surface area contributed by atoms with E-state index in [-0.39, 0.29) is 24.0 Å². The molecule has 0 aromatic heterocycles. The number of piperidine rings is 1. The second kappa shape index (κ2) is 8.24. The first-order valence-electron chi connectivity index (χ1n) is 6.91. The maximum atomic E-state index is 12.8. The van der Waals surface area contributed by atoms with E-state index in [1.165, 1.54) is 19.1 Å². The number of carboxylic acid groups (broad SMARTS) is 1. The number of anilines is 1. The topological polar surface area (TPSA) is 90.4 Å². The lowest BCUT2D eigenvalue weighted by Gasteiger charge is -2.33. The van der Waals surface area contributed by atoms with Gasteiger partial charge in [0.05, 0.1) is 5.84 Å². The molecule has 0 atom stereocenters. The highest BCUT2D eigenvalue weighted by atomic mass is 19.1. The van der Waals surface area contributed by atoms with E-state index in [2.05, 4.69) is 4.90 Å². The standard InChI is InChI=1S/C13H16FNO2.C2H6N2/c14-11-1-3-12(4-2-11)15-7-5-10(6-8-15)9-13(16)17;1-2(3)4/h1-4,10H,5-9H2,(H,16,17);1H3,(H3,3,4). The van der Waals surface area contributed by atoms with E-state index in [1.54, 1.807) is 12.1 Å². The highest BCUT2D eigenvalue weighted by Crippen LogP contribution is 2.25. The van der Waals surface area contributed by atoms with Crippen LogP contribution in [0.5, 0.6) is 0 Å². The third kappa shape index (κ3) is 6.74. The summed E-state index contributed by atoms with van der Waals surface area (Å²) in [5.74, 6) is -0.496. The van der Waals surface area contributed by atoms with E-state index in [9.17, 15) is 9.18 Å². The fourth-order valence-electron chi connectivity index (χ4n) is 2.29. The quantitative estimate of drug-likeness (QED) is 0.590. The molecule has 21 heavy (non-hydrogen) atoms. The normalized spacial score (nSPS) is 15.0. The summed E-state index contributed by atoms with van der Waals surface area (Å²) in [5, 5.41) is 15.0. The highest BCUT2D eigenvalue weighted by molar-refractivity contribution is 5.73. The van der Waals surface area contributed by atoms with Gasteiger partial charge in [-0.05, 0) is 49.9 Å². The van der Waals surface area contributed by atoms with Gasteiger partial charge in [-0.1, -0.05) is 0 Å². The van der Waals surface area contributed by atoms with Gasteiger partial charge in [-0.2, -0.15) is 0 Å². The number of nitrogens with two attached hydrogens (primary N) is 1. The Bertz CT molecular complexity index is 464. The molecule has 116 valence electrons. The number of carbonyl (C=O) groups is 1. The monoisotopic (exact) mass is 295 g/mol. The smallest absolute Gasteiger partial charge is 0.303 e. The van der Waals surface area contributed by atoms with Crippen LogP contribution in [0.3, 0.4) is 0 Å². The molecule has 1 fully saturated rings. The van der Waals surface area contributed by atoms with E-state index in [1.807, 2.05) is 0 Å². The number of rotatable bonds is 3. The molecule has 6 heteroatoms. The van der Waals surface area contributed by atoms with Crippen molar-refractivity contribution in [1.29, 1.82) is 5.41 Å². The molecule has 0 bridgehead atoms. The maximum Gasteiger partial charge on any atom is 0.303 e. The van der Waals surface area contributed by atoms with Crippen LogP contribution in [0.4, 0.5) is 10.1 Å². The fourth-order valence-corrected chi connectivity index (χ4v) is 2.29. The molecular formula is C15H22FN3O2. The van der Waals surface area contributed by atoms with Crippen LogP contribution < -0.4 is 10.6 Å². The van der Waals surface area contributed by atoms with Crippen LogP contribution in [-0.4, -0.2) is 30.0 Å². The fraction of sp³-hybridized carbons (Fsp3) is 0.467. The largest absolute Gasteiger partial charge is 0.481 e. The van der Waals surface area contributed by atoms with Gasteiger partial charge in [-0.15, -0.1) is 0 Å². The number of nitrogens with zero attached hydrogens (tertiary/aromatic N) is 1. The molecule has 5 nitrogen and oxygen atoms in total. The van der Waals surface area contributed by atoms with Gasteiger partial charge in [0.1, 0.15) is 5.82 Å². The van der Waals surface area contributed by atoms with Gasteiger partial charge in [0.2, 0.25) is 0 Å². The van der Waals surface area contributed by atoms with Crippen LogP contribution in [-0.2, 0) is 4.79 Å². The third-order valence-corrected chi connectivity index (χ3v) is 3.27. The number of halogens is 1. The number of carboxylic acids is 1. The molecule has 1 aliphatic heterocycles. The van der Waals surface area contributed by atoms with E-state index in [0.717, 1.165) is 31.6 Å². The first-order chi connectivity index (χ1) is 9.88. The van der Waals surface area contributed by atoms with E-state index in [0.29, 0.717) is 0 Å². The number of nitrogens with one attached hydrogen (secondary N) is 1. The lowest BCUT2D eigenvalue weighted by Crippen LogP contribution is -2.34. The van der Waals surface area contributed by atoms with E-state index in [4.69, 9.17) is 16.2 Å². The molecule has 1 aromatic carbocycles. The second-order valence-corrected chi connectivity index (χ2v) is 5.19. The minimum absolute atomic E-state index is 0.167. The van der Waals surface area contributed by atoms with Crippen LogP contribution >= 0.6 is 0 Å². The van der Waals surface area contributed by atoms with Crippen molar-refractivity contribution in [3.05, 3.63) is 30.1 Å². The van der Waals surface area contributed by atoms with Crippen LogP contribution in [0.1, 0.15) is 26.2 Å². The maximum absolute atomic E-state index is 12.8. The van der Waals surface area contributed by atoms with E-state index < -0.39 is 5.97 Å². The number of amidine groups is 1. The summed E-state index contributed by atoms with van der Waals surface area (Å²) in [6.07, 6.45) is 2.05. The summed E-state index contributed by atoms with van der Waals surface area (Å²) in [4.78, 5) is 12.8. The number of aliphatic carboxylic acids is 1. The first kappa shape index (κ1) is 16.9. The molecule has 0 amide bonds. The van der Waals surface area contributed by atoms with Crippen LogP contribution in [0.15, 0.2) is 24.3 Å². The van der Waals surface area contributed by atoms with Crippen molar-refractivity contribution in [3.63, 3.8) is 0 Å². The minimum Gasteiger partial charge on any atom is -0.481 e. The summed E-state index contributed by atoms with van der Waals surface area (Å²) in [6.45, 7) is 3.23. The molecule has 0 aliphatic carbocycles. The molecular weight excluding hydrogens is 273 g/mol. The highest BCUT2D eigenvalue weighted by Gasteiger charge is 2.21. The Labute approximate surface area is 124 Å². The zero-order chi connectivity index (χ0) is 15.8. The Morgan fingerprint density at radius 3 is 2.29 bits per heavy atom. The summed E-state index contributed by atoms with van der Waals surface area (Å²) in [6, 6.07) is 6.46. The lowest BCUT2D eigenvalue weighted by molar-refractivity contribution is -0.138. The SMILES string of the molecule is CC(=N)N.O=C(O)CC1CCN(c2ccc(F)cc2)CC1. The van der Waals surface area contributed by atoms with Gasteiger partial charge >= 0.3 is 5.97 Å². The van der Waals surface area contributed by atoms with E-state index >= 15 is 0 Å². The number of hydrogen-bond donors (Lipinski definition) is 3. The van der Waals surface area contributed by atoms with Crippen molar-refractivity contribution in [2.75, 3.05) is 18.0 Å². The average molecular weight is 295 g/mol. The number of benzene rings is 1. The van der Waals surface area contributed by atoms with Crippen LogP contribution in [0.25, 0.3) is 0 Å². The zero-order valence-electron chi connectivity index (χ0n) is 12.2. The molecule has 0 spiro atoms. The molecule has 0 unspecified atom stereocenters. The van der Waals surface area contributed by atoms with Crippen molar-refractivity contribution >= 4 is 17.5 Å². The Hall–Kier alpha value is -2.11. The molecule has 0 saturated carbocycles. The van der Waals surface area contributed by atoms with Crippen LogP contribution in [0, 0.1) is 17.1 Å². The van der Waals surface area contributed by atoms with Gasteiger partial charge in [0, 0.05) is 25.2 Å². The second-order valence-electron chi connectivity index (χ2n) is 5.19. The number of hydrogen-bond acceptors (Lipinski definition) is 3. The molecule has 1 aromatic rings. The van der Waals surface area contributed by atoms with Crippen molar-refractivity contribution < 1.29 is 14.3 Å². The summed E-state index contributed by atoms with van der Waals surface area (Å²) < 4.78 is 12.8. The lowest BCUT2D eigenvalue weighted by atomic mass is 9.93. The molecule has 1 saturated heterocycles. The Balaban J connectivity index is 0.000000491. The van der Waals surface area contributed by atoms with Crippen molar-refractivity contribution in [1.82, 2.24) is 0 Å².